The van der Waals surface area contributed by atoms with Crippen LogP contribution in [0, 0.1) is 0 Å². The van der Waals surface area contributed by atoms with Gasteiger partial charge in [-0.3, -0.25) is 4.98 Å². The Morgan fingerprint density at radius 2 is 1.97 bits per heavy atom. The third-order valence-corrected chi connectivity index (χ3v) is 6.85. The van der Waals surface area contributed by atoms with Crippen LogP contribution in [0.3, 0.4) is 0 Å². The Morgan fingerprint density at radius 1 is 1.20 bits per heavy atom. The van der Waals surface area contributed by atoms with Crippen LogP contribution in [0.25, 0.3) is 17.0 Å². The van der Waals surface area contributed by atoms with Crippen molar-refractivity contribution in [2.75, 3.05) is 30.8 Å². The van der Waals surface area contributed by atoms with Gasteiger partial charge in [-0.15, -0.1) is 15.3 Å². The van der Waals surface area contributed by atoms with Crippen LogP contribution in [0.1, 0.15) is 6.42 Å². The summed E-state index contributed by atoms with van der Waals surface area (Å²) in [5, 5.41) is 12.7. The molecule has 13 heteroatoms. The molecule has 0 aromatic carbocycles. The van der Waals surface area contributed by atoms with E-state index in [4.69, 9.17) is 0 Å². The minimum Gasteiger partial charge on any atom is -0.352 e. The standard InChI is InChI=1S/C17H18F3N7O2S/c1-25(30(28,29)8-6-17(18,19)20)13-10-26(11-13)15-5-4-14-22-23-16(27(14)24-15)12-3-2-7-21-9-12/h2-5,7,9,13H,6,8,10-11H2,1H3. The summed E-state index contributed by atoms with van der Waals surface area (Å²) in [5.41, 5.74) is 1.29. The minimum absolute atomic E-state index is 0.324. The highest BCUT2D eigenvalue weighted by Crippen LogP contribution is 2.26. The van der Waals surface area contributed by atoms with Gasteiger partial charge in [0.05, 0.1) is 18.2 Å². The van der Waals surface area contributed by atoms with E-state index in [1.165, 1.54) is 7.05 Å². The van der Waals surface area contributed by atoms with Crippen molar-refractivity contribution >= 4 is 21.5 Å². The fourth-order valence-electron chi connectivity index (χ4n) is 3.11. The van der Waals surface area contributed by atoms with E-state index in [9.17, 15) is 21.6 Å². The Bertz CT molecular complexity index is 1150. The molecule has 1 saturated heterocycles. The summed E-state index contributed by atoms with van der Waals surface area (Å²) in [7, 11) is -2.68. The number of rotatable bonds is 6. The molecule has 0 spiro atoms. The highest BCUT2D eigenvalue weighted by molar-refractivity contribution is 7.89. The van der Waals surface area contributed by atoms with Gasteiger partial charge in [-0.1, -0.05) is 0 Å². The van der Waals surface area contributed by atoms with Gasteiger partial charge in [0.15, 0.2) is 11.5 Å². The number of halogens is 3. The summed E-state index contributed by atoms with van der Waals surface area (Å²) in [6.45, 7) is 0.648. The number of nitrogens with zero attached hydrogens (tertiary/aromatic N) is 7. The number of sulfonamides is 1. The first kappa shape index (κ1) is 20.5. The van der Waals surface area contributed by atoms with Gasteiger partial charge < -0.3 is 4.90 Å². The first-order valence-corrected chi connectivity index (χ1v) is 10.7. The fraction of sp³-hybridized carbons (Fsp3) is 0.412. The second kappa shape index (κ2) is 7.47. The molecule has 0 unspecified atom stereocenters. The zero-order chi connectivity index (χ0) is 21.5. The van der Waals surface area contributed by atoms with E-state index in [1.807, 2.05) is 11.0 Å². The van der Waals surface area contributed by atoms with Gasteiger partial charge in [0.25, 0.3) is 0 Å². The van der Waals surface area contributed by atoms with Gasteiger partial charge in [0.2, 0.25) is 10.0 Å². The van der Waals surface area contributed by atoms with Crippen molar-refractivity contribution < 1.29 is 21.6 Å². The zero-order valence-electron chi connectivity index (χ0n) is 15.9. The molecule has 1 aliphatic rings. The van der Waals surface area contributed by atoms with Crippen molar-refractivity contribution in [3.8, 4) is 11.4 Å². The van der Waals surface area contributed by atoms with Crippen LogP contribution < -0.4 is 4.90 Å². The van der Waals surface area contributed by atoms with E-state index in [2.05, 4.69) is 20.3 Å². The SMILES string of the molecule is CN(C1CN(c2ccc3nnc(-c4cccnc4)n3n2)C1)S(=O)(=O)CCC(F)(F)F. The molecule has 4 heterocycles. The predicted octanol–water partition coefficient (Wildman–Crippen LogP) is 1.59. The molecule has 0 bridgehead atoms. The van der Waals surface area contributed by atoms with Gasteiger partial charge in [-0.2, -0.15) is 22.0 Å². The smallest absolute Gasteiger partial charge is 0.352 e. The molecule has 0 radical (unpaired) electrons. The monoisotopic (exact) mass is 441 g/mol. The summed E-state index contributed by atoms with van der Waals surface area (Å²) in [4.78, 5) is 5.90. The van der Waals surface area contributed by atoms with E-state index in [0.717, 1.165) is 9.87 Å². The molecule has 30 heavy (non-hydrogen) atoms. The topological polar surface area (TPSA) is 96.6 Å². The summed E-state index contributed by atoms with van der Waals surface area (Å²) in [6.07, 6.45) is -2.58. The lowest BCUT2D eigenvalue weighted by molar-refractivity contribution is -0.130. The molecule has 0 amide bonds. The maximum absolute atomic E-state index is 12.4. The molecule has 160 valence electrons. The van der Waals surface area contributed by atoms with Gasteiger partial charge in [-0.05, 0) is 24.3 Å². The van der Waals surface area contributed by atoms with Gasteiger partial charge >= 0.3 is 6.18 Å². The number of hydrogen-bond donors (Lipinski definition) is 0. The van der Waals surface area contributed by atoms with Gasteiger partial charge in [0, 0.05) is 38.1 Å². The average molecular weight is 441 g/mol. The number of pyridine rings is 1. The van der Waals surface area contributed by atoms with E-state index in [1.54, 1.807) is 35.1 Å². The Hall–Kier alpha value is -2.80. The third-order valence-electron chi connectivity index (χ3n) is 4.95. The van der Waals surface area contributed by atoms with Crippen LogP contribution in [0.15, 0.2) is 36.7 Å². The van der Waals surface area contributed by atoms with Crippen LogP contribution in [0.2, 0.25) is 0 Å². The van der Waals surface area contributed by atoms with Crippen molar-refractivity contribution in [2.24, 2.45) is 0 Å². The lowest BCUT2D eigenvalue weighted by atomic mass is 10.1. The van der Waals surface area contributed by atoms with E-state index in [0.29, 0.717) is 30.4 Å². The second-order valence-corrected chi connectivity index (χ2v) is 9.13. The Morgan fingerprint density at radius 3 is 2.63 bits per heavy atom. The summed E-state index contributed by atoms with van der Waals surface area (Å²) < 4.78 is 64.0. The van der Waals surface area contributed by atoms with Crippen LogP contribution >= 0.6 is 0 Å². The molecule has 0 saturated carbocycles. The summed E-state index contributed by atoms with van der Waals surface area (Å²) in [5.74, 6) is 0.150. The predicted molar refractivity (Wildman–Crippen MR) is 102 cm³/mol. The molecule has 3 aromatic rings. The molecular formula is C17H18F3N7O2S. The zero-order valence-corrected chi connectivity index (χ0v) is 16.7. The largest absolute Gasteiger partial charge is 0.390 e. The number of hydrogen-bond acceptors (Lipinski definition) is 7. The van der Waals surface area contributed by atoms with Crippen molar-refractivity contribution in [1.29, 1.82) is 0 Å². The summed E-state index contributed by atoms with van der Waals surface area (Å²) in [6, 6.07) is 6.67. The first-order valence-electron chi connectivity index (χ1n) is 9.04. The molecule has 1 aliphatic heterocycles. The second-order valence-electron chi connectivity index (χ2n) is 6.98. The lowest BCUT2D eigenvalue weighted by Gasteiger charge is -2.43. The van der Waals surface area contributed by atoms with Gasteiger partial charge in [0.1, 0.15) is 5.82 Å². The molecule has 1 fully saturated rings. The van der Waals surface area contributed by atoms with Crippen molar-refractivity contribution in [3.63, 3.8) is 0 Å². The van der Waals surface area contributed by atoms with E-state index >= 15 is 0 Å². The molecular weight excluding hydrogens is 423 g/mol. The number of alkyl halides is 3. The molecule has 0 N–H and O–H groups in total. The molecule has 4 rings (SSSR count). The van der Waals surface area contributed by atoms with E-state index < -0.39 is 34.4 Å². The maximum atomic E-state index is 12.4. The van der Waals surface area contributed by atoms with Crippen LogP contribution in [0.5, 0.6) is 0 Å². The fourth-order valence-corrected chi connectivity index (χ4v) is 4.48. The number of likely N-dealkylation sites (N-methyl/N-ethyl adjacent to an activating group) is 1. The Labute approximate surface area is 170 Å². The van der Waals surface area contributed by atoms with Crippen molar-refractivity contribution in [3.05, 3.63) is 36.7 Å². The van der Waals surface area contributed by atoms with Crippen LogP contribution in [-0.4, -0.2) is 75.6 Å². The number of fused-ring (bicyclic) bond motifs is 1. The van der Waals surface area contributed by atoms with Crippen molar-refractivity contribution in [1.82, 2.24) is 29.1 Å². The Balaban J connectivity index is 1.47. The quantitative estimate of drug-likeness (QED) is 0.573. The maximum Gasteiger partial charge on any atom is 0.390 e. The van der Waals surface area contributed by atoms with Crippen molar-refractivity contribution in [2.45, 2.75) is 18.6 Å². The molecule has 0 atom stereocenters. The highest BCUT2D eigenvalue weighted by Gasteiger charge is 2.38. The van der Waals surface area contributed by atoms with E-state index in [-0.39, 0.29) is 0 Å². The lowest BCUT2D eigenvalue weighted by Crippen LogP contribution is -2.60. The first-order chi connectivity index (χ1) is 14.1. The number of aromatic nitrogens is 5. The minimum atomic E-state index is -4.51. The Kier molecular flexibility index (Phi) is 5.10. The normalized spacial score (nSPS) is 15.7. The summed E-state index contributed by atoms with van der Waals surface area (Å²) >= 11 is 0. The third kappa shape index (κ3) is 4.07. The van der Waals surface area contributed by atoms with Crippen LogP contribution in [-0.2, 0) is 10.0 Å². The highest BCUT2D eigenvalue weighted by atomic mass is 32.2. The van der Waals surface area contributed by atoms with Gasteiger partial charge in [-0.25, -0.2) is 8.42 Å². The number of anilines is 1. The molecule has 9 nitrogen and oxygen atoms in total. The molecule has 0 aliphatic carbocycles. The average Bonchev–Trinajstić information content (AvgIpc) is 3.09. The van der Waals surface area contributed by atoms with Crippen LogP contribution in [0.4, 0.5) is 19.0 Å². The molecule has 3 aromatic heterocycles.